The molecule has 0 spiro atoms. The molecule has 0 bridgehead atoms. The molecule has 0 radical (unpaired) electrons. The van der Waals surface area contributed by atoms with E-state index in [1.807, 2.05) is 0 Å². The number of nitro benzene ring substituents is 1. The van der Waals surface area contributed by atoms with E-state index in [-0.39, 0.29) is 5.69 Å². The van der Waals surface area contributed by atoms with Crippen LogP contribution in [0.3, 0.4) is 0 Å². The molecule has 58 valence electrons. The van der Waals surface area contributed by atoms with E-state index in [0.717, 1.165) is 12.1 Å². The van der Waals surface area contributed by atoms with Crippen LogP contribution in [0.25, 0.3) is 0 Å². The van der Waals surface area contributed by atoms with Gasteiger partial charge in [0.05, 0.1) is 11.0 Å². The number of halogens is 2. The molecule has 0 saturated carbocycles. The zero-order chi connectivity index (χ0) is 8.43. The lowest BCUT2D eigenvalue weighted by atomic mass is 10.3. The first-order valence-corrected chi connectivity index (χ1v) is 3.49. The summed E-state index contributed by atoms with van der Waals surface area (Å²) < 4.78 is 12.8. The molecule has 0 fully saturated rings. The Hall–Kier alpha value is -0.970. The Morgan fingerprint density at radius 2 is 2.09 bits per heavy atom. The number of nitrogens with zero attached hydrogens (tertiary/aromatic N) is 1. The molecule has 0 aliphatic rings. The molecular weight excluding hydrogens is 217 g/mol. The topological polar surface area (TPSA) is 43.1 Å². The van der Waals surface area contributed by atoms with E-state index >= 15 is 0 Å². The number of nitro groups is 1. The number of non-ortho nitro benzene ring substituents is 1. The average Bonchev–Trinajstić information content (AvgIpc) is 1.85. The van der Waals surface area contributed by atoms with Crippen LogP contribution in [-0.4, -0.2) is 4.92 Å². The average molecular weight is 220 g/mol. The Morgan fingerprint density at radius 3 is 2.55 bits per heavy atom. The maximum absolute atomic E-state index is 12.5. The minimum atomic E-state index is -0.645. The molecular formula is C6H3BrFNO2. The number of benzene rings is 1. The maximum Gasteiger partial charge on any atom is 0.273 e. The highest BCUT2D eigenvalue weighted by Crippen LogP contribution is 2.19. The highest BCUT2D eigenvalue weighted by atomic mass is 79.9. The molecule has 1 aromatic carbocycles. The predicted molar refractivity (Wildman–Crippen MR) is 40.8 cm³/mol. The molecule has 0 atom stereocenters. The number of hydrogen-bond acceptors (Lipinski definition) is 2. The minimum Gasteiger partial charge on any atom is -0.258 e. The molecule has 1 aromatic rings. The van der Waals surface area contributed by atoms with Gasteiger partial charge in [0.25, 0.3) is 5.69 Å². The normalized spacial score (nSPS) is 9.64. The zero-order valence-corrected chi connectivity index (χ0v) is 6.84. The van der Waals surface area contributed by atoms with Gasteiger partial charge >= 0.3 is 0 Å². The summed E-state index contributed by atoms with van der Waals surface area (Å²) in [6, 6.07) is 3.26. The molecule has 5 heteroatoms. The van der Waals surface area contributed by atoms with Gasteiger partial charge in [-0.25, -0.2) is 4.39 Å². The van der Waals surface area contributed by atoms with Crippen LogP contribution >= 0.6 is 15.9 Å². The van der Waals surface area contributed by atoms with Gasteiger partial charge in [-0.05, 0) is 6.07 Å². The first-order chi connectivity index (χ1) is 5.09. The van der Waals surface area contributed by atoms with Crippen molar-refractivity contribution in [1.29, 1.82) is 0 Å². The minimum absolute atomic E-state index is 0.253. The van der Waals surface area contributed by atoms with Crippen molar-refractivity contribution in [1.82, 2.24) is 0 Å². The Balaban J connectivity index is 3.19. The van der Waals surface area contributed by atoms with Gasteiger partial charge in [0.1, 0.15) is 5.82 Å². The summed E-state index contributed by atoms with van der Waals surface area (Å²) in [6.07, 6.45) is 0. The van der Waals surface area contributed by atoms with Crippen molar-refractivity contribution < 1.29 is 9.31 Å². The zero-order valence-electron chi connectivity index (χ0n) is 5.25. The summed E-state index contributed by atoms with van der Waals surface area (Å²) in [7, 11) is 0. The third-order valence-corrected chi connectivity index (χ3v) is 1.52. The Kier molecular flexibility index (Phi) is 2.19. The Bertz CT molecular complexity index is 282. The number of hydrogen-bond donors (Lipinski definition) is 0. The van der Waals surface area contributed by atoms with Crippen LogP contribution < -0.4 is 0 Å². The summed E-state index contributed by atoms with van der Waals surface area (Å²) in [6.45, 7) is 0. The van der Waals surface area contributed by atoms with Gasteiger partial charge in [-0.15, -0.1) is 0 Å². The van der Waals surface area contributed by atoms with Gasteiger partial charge in [-0.2, -0.15) is 0 Å². The van der Waals surface area contributed by atoms with Crippen LogP contribution in [-0.2, 0) is 0 Å². The molecule has 11 heavy (non-hydrogen) atoms. The monoisotopic (exact) mass is 219 g/mol. The number of rotatable bonds is 1. The van der Waals surface area contributed by atoms with Crippen LogP contribution in [0, 0.1) is 15.9 Å². The van der Waals surface area contributed by atoms with E-state index in [1.165, 1.54) is 6.07 Å². The summed E-state index contributed by atoms with van der Waals surface area (Å²) in [5.74, 6) is -0.619. The largest absolute Gasteiger partial charge is 0.273 e. The molecule has 3 nitrogen and oxygen atoms in total. The Labute approximate surface area is 70.1 Å². The van der Waals surface area contributed by atoms with Crippen LogP contribution in [0.1, 0.15) is 0 Å². The van der Waals surface area contributed by atoms with E-state index in [4.69, 9.17) is 0 Å². The Morgan fingerprint density at radius 1 is 1.45 bits per heavy atom. The molecule has 0 aromatic heterocycles. The second kappa shape index (κ2) is 2.96. The quantitative estimate of drug-likeness (QED) is 0.538. The first-order valence-electron chi connectivity index (χ1n) is 2.70. The fourth-order valence-corrected chi connectivity index (χ4v) is 1.10. The van der Waals surface area contributed by atoms with Gasteiger partial charge in [-0.3, -0.25) is 10.1 Å². The predicted octanol–water partition coefficient (Wildman–Crippen LogP) is 2.50. The van der Waals surface area contributed by atoms with E-state index in [9.17, 15) is 14.5 Å². The van der Waals surface area contributed by atoms with Crippen LogP contribution in [0.2, 0.25) is 0 Å². The second-order valence-corrected chi connectivity index (χ2v) is 2.80. The highest BCUT2D eigenvalue weighted by molar-refractivity contribution is 9.10. The van der Waals surface area contributed by atoms with Crippen molar-refractivity contribution in [2.75, 3.05) is 0 Å². The molecule has 0 heterocycles. The van der Waals surface area contributed by atoms with Crippen LogP contribution in [0.5, 0.6) is 0 Å². The lowest BCUT2D eigenvalue weighted by Gasteiger charge is -1.92. The van der Waals surface area contributed by atoms with Gasteiger partial charge in [-0.1, -0.05) is 15.9 Å². The van der Waals surface area contributed by atoms with Crippen molar-refractivity contribution >= 4 is 21.6 Å². The van der Waals surface area contributed by atoms with Crippen molar-refractivity contribution in [3.05, 3.63) is 38.6 Å². The first kappa shape index (κ1) is 8.13. The smallest absolute Gasteiger partial charge is 0.258 e. The third kappa shape index (κ3) is 1.98. The van der Waals surface area contributed by atoms with Crippen molar-refractivity contribution in [3.63, 3.8) is 0 Å². The SMILES string of the molecule is O=[N+]([O-])c1cc(F)cc(Br)c1. The van der Waals surface area contributed by atoms with Gasteiger partial charge in [0, 0.05) is 10.5 Å². The van der Waals surface area contributed by atoms with Crippen molar-refractivity contribution in [2.24, 2.45) is 0 Å². The van der Waals surface area contributed by atoms with Crippen LogP contribution in [0.15, 0.2) is 22.7 Å². The van der Waals surface area contributed by atoms with Gasteiger partial charge in [0.15, 0.2) is 0 Å². The van der Waals surface area contributed by atoms with E-state index in [2.05, 4.69) is 15.9 Å². The molecule has 0 aliphatic carbocycles. The fraction of sp³-hybridized carbons (Fsp3) is 0. The van der Waals surface area contributed by atoms with Crippen molar-refractivity contribution in [3.8, 4) is 0 Å². The second-order valence-electron chi connectivity index (χ2n) is 1.88. The van der Waals surface area contributed by atoms with Gasteiger partial charge in [0.2, 0.25) is 0 Å². The van der Waals surface area contributed by atoms with E-state index < -0.39 is 10.7 Å². The summed E-state index contributed by atoms with van der Waals surface area (Å²) in [5.41, 5.74) is -0.253. The molecule has 0 unspecified atom stereocenters. The lowest BCUT2D eigenvalue weighted by molar-refractivity contribution is -0.385. The fourth-order valence-electron chi connectivity index (χ4n) is 0.645. The summed E-state index contributed by atoms with van der Waals surface area (Å²) >= 11 is 2.94. The highest BCUT2D eigenvalue weighted by Gasteiger charge is 2.07. The van der Waals surface area contributed by atoms with Crippen LogP contribution in [0.4, 0.5) is 10.1 Å². The summed E-state index contributed by atoms with van der Waals surface area (Å²) in [4.78, 5) is 9.48. The lowest BCUT2D eigenvalue weighted by Crippen LogP contribution is -1.88. The van der Waals surface area contributed by atoms with Crippen molar-refractivity contribution in [2.45, 2.75) is 0 Å². The summed E-state index contributed by atoms with van der Waals surface area (Å²) in [5, 5.41) is 10.1. The molecule has 1 rings (SSSR count). The molecule has 0 aliphatic heterocycles. The third-order valence-electron chi connectivity index (χ3n) is 1.06. The standard InChI is InChI=1S/C6H3BrFNO2/c7-4-1-5(8)3-6(2-4)9(10)11/h1-3H. The van der Waals surface area contributed by atoms with E-state index in [0.29, 0.717) is 4.47 Å². The maximum atomic E-state index is 12.5. The molecule has 0 amide bonds. The van der Waals surface area contributed by atoms with E-state index in [1.54, 1.807) is 0 Å². The molecule has 0 saturated heterocycles. The molecule has 0 N–H and O–H groups in total. The van der Waals surface area contributed by atoms with Gasteiger partial charge < -0.3 is 0 Å².